The third-order valence-electron chi connectivity index (χ3n) is 5.17. The van der Waals surface area contributed by atoms with Crippen LogP contribution in [0, 0.1) is 5.92 Å². The summed E-state index contributed by atoms with van der Waals surface area (Å²) >= 11 is 1.77. The molecule has 1 aromatic heterocycles. The second-order valence-corrected chi connectivity index (χ2v) is 7.87. The lowest BCUT2D eigenvalue weighted by Gasteiger charge is -2.39. The summed E-state index contributed by atoms with van der Waals surface area (Å²) < 4.78 is 5.54. The van der Waals surface area contributed by atoms with E-state index in [1.54, 1.807) is 11.3 Å². The number of hydrogen-bond acceptors (Lipinski definition) is 5. The van der Waals surface area contributed by atoms with Crippen molar-refractivity contribution in [2.45, 2.75) is 52.6 Å². The van der Waals surface area contributed by atoms with Gasteiger partial charge in [-0.15, -0.1) is 11.3 Å². The molecule has 0 spiro atoms. The predicted octanol–water partition coefficient (Wildman–Crippen LogP) is 2.51. The summed E-state index contributed by atoms with van der Waals surface area (Å²) in [5.41, 5.74) is 0. The fraction of sp³-hybridized carbons (Fsp3) is 0.789. The monoisotopic (exact) mass is 381 g/mol. The molecule has 6 nitrogen and oxygen atoms in total. The topological polar surface area (TPSA) is 61.8 Å². The first-order valence-electron chi connectivity index (χ1n) is 9.91. The van der Waals surface area contributed by atoms with Gasteiger partial charge in [-0.25, -0.2) is 4.98 Å². The van der Waals surface area contributed by atoms with Crippen molar-refractivity contribution in [1.29, 1.82) is 0 Å². The third-order valence-corrected chi connectivity index (χ3v) is 6.31. The van der Waals surface area contributed by atoms with E-state index in [9.17, 15) is 0 Å². The van der Waals surface area contributed by atoms with Crippen molar-refractivity contribution in [3.8, 4) is 0 Å². The van der Waals surface area contributed by atoms with Crippen molar-refractivity contribution in [2.24, 2.45) is 10.9 Å². The van der Waals surface area contributed by atoms with Crippen LogP contribution >= 0.6 is 11.3 Å². The molecule has 2 N–H and O–H groups in total. The van der Waals surface area contributed by atoms with Crippen LogP contribution in [0.3, 0.4) is 0 Å². The van der Waals surface area contributed by atoms with Crippen LogP contribution in [0.25, 0.3) is 0 Å². The van der Waals surface area contributed by atoms with Gasteiger partial charge in [0.15, 0.2) is 5.96 Å². The summed E-state index contributed by atoms with van der Waals surface area (Å²) in [5.74, 6) is 1.53. The standard InChI is InChI=1S/C19H35N5OS/c1-5-15(6-2)17(24-8-10-25-11-9-24)13-22-19(20-4)23-14-18-21-12-16(7-3)26-18/h12,15,17H,5-11,13-14H2,1-4H3,(H2,20,22,23). The molecule has 0 saturated carbocycles. The molecular weight excluding hydrogens is 346 g/mol. The number of hydrogen-bond donors (Lipinski definition) is 2. The van der Waals surface area contributed by atoms with E-state index in [0.717, 1.165) is 56.8 Å². The van der Waals surface area contributed by atoms with Gasteiger partial charge in [0.2, 0.25) is 0 Å². The largest absolute Gasteiger partial charge is 0.379 e. The Morgan fingerprint density at radius 2 is 2.00 bits per heavy atom. The zero-order valence-corrected chi connectivity index (χ0v) is 17.6. The van der Waals surface area contributed by atoms with Crippen LogP contribution in [-0.2, 0) is 17.7 Å². The molecule has 0 aromatic carbocycles. The van der Waals surface area contributed by atoms with E-state index in [1.807, 2.05) is 13.2 Å². The third kappa shape index (κ3) is 6.21. The molecular formula is C19H35N5OS. The Balaban J connectivity index is 1.89. The van der Waals surface area contributed by atoms with E-state index in [4.69, 9.17) is 4.74 Å². The fourth-order valence-corrected chi connectivity index (χ4v) is 4.31. The average Bonchev–Trinajstić information content (AvgIpc) is 3.16. The molecule has 0 amide bonds. The number of aryl methyl sites for hydroxylation is 1. The van der Waals surface area contributed by atoms with Gasteiger partial charge in [-0.1, -0.05) is 33.6 Å². The average molecular weight is 382 g/mol. The van der Waals surface area contributed by atoms with E-state index >= 15 is 0 Å². The molecule has 148 valence electrons. The Morgan fingerprint density at radius 1 is 1.27 bits per heavy atom. The molecule has 1 fully saturated rings. The molecule has 1 aliphatic heterocycles. The molecule has 1 saturated heterocycles. The van der Waals surface area contributed by atoms with Gasteiger partial charge in [0.05, 0.1) is 19.8 Å². The number of rotatable bonds is 9. The Bertz CT molecular complexity index is 538. The predicted molar refractivity (Wildman–Crippen MR) is 110 cm³/mol. The number of thiazole rings is 1. The van der Waals surface area contributed by atoms with Gasteiger partial charge in [-0.2, -0.15) is 0 Å². The highest BCUT2D eigenvalue weighted by molar-refractivity contribution is 7.11. The van der Waals surface area contributed by atoms with E-state index in [0.29, 0.717) is 12.0 Å². The summed E-state index contributed by atoms with van der Waals surface area (Å²) in [6.45, 7) is 12.1. The van der Waals surface area contributed by atoms with E-state index in [1.165, 1.54) is 17.7 Å². The molecule has 2 heterocycles. The first-order valence-corrected chi connectivity index (χ1v) is 10.7. The van der Waals surface area contributed by atoms with E-state index < -0.39 is 0 Å². The van der Waals surface area contributed by atoms with Gasteiger partial charge in [0, 0.05) is 43.8 Å². The zero-order chi connectivity index (χ0) is 18.8. The summed E-state index contributed by atoms with van der Waals surface area (Å²) in [5, 5.41) is 8.05. The maximum Gasteiger partial charge on any atom is 0.191 e. The van der Waals surface area contributed by atoms with Crippen molar-refractivity contribution in [2.75, 3.05) is 39.9 Å². The van der Waals surface area contributed by atoms with E-state index in [2.05, 4.69) is 46.3 Å². The van der Waals surface area contributed by atoms with Crippen molar-refractivity contribution >= 4 is 17.3 Å². The molecule has 1 aliphatic rings. The normalized spacial score (nSPS) is 17.5. The van der Waals surface area contributed by atoms with Crippen LogP contribution in [0.1, 0.15) is 43.5 Å². The van der Waals surface area contributed by atoms with Crippen LogP contribution < -0.4 is 10.6 Å². The van der Waals surface area contributed by atoms with E-state index in [-0.39, 0.29) is 0 Å². The van der Waals surface area contributed by atoms with Crippen molar-refractivity contribution in [3.63, 3.8) is 0 Å². The molecule has 1 atom stereocenters. The quantitative estimate of drug-likeness (QED) is 0.508. The van der Waals surface area contributed by atoms with Gasteiger partial charge >= 0.3 is 0 Å². The van der Waals surface area contributed by atoms with Crippen molar-refractivity contribution < 1.29 is 4.74 Å². The Kier molecular flexibility index (Phi) is 9.36. The molecule has 0 aliphatic carbocycles. The Morgan fingerprint density at radius 3 is 2.58 bits per heavy atom. The van der Waals surface area contributed by atoms with Crippen LogP contribution in [-0.4, -0.2) is 61.8 Å². The number of aromatic nitrogens is 1. The highest BCUT2D eigenvalue weighted by Crippen LogP contribution is 2.19. The SMILES string of the molecule is CCc1cnc(CNC(=NC)NCC(C(CC)CC)N2CCOCC2)s1. The van der Waals surface area contributed by atoms with Gasteiger partial charge < -0.3 is 15.4 Å². The van der Waals surface area contributed by atoms with Crippen LogP contribution in [0.2, 0.25) is 0 Å². The van der Waals surface area contributed by atoms with Crippen LogP contribution in [0.5, 0.6) is 0 Å². The minimum absolute atomic E-state index is 0.513. The van der Waals surface area contributed by atoms with Gasteiger partial charge in [0.1, 0.15) is 5.01 Å². The molecule has 0 radical (unpaired) electrons. The van der Waals surface area contributed by atoms with Crippen LogP contribution in [0.15, 0.2) is 11.2 Å². The van der Waals surface area contributed by atoms with Gasteiger partial charge in [0.25, 0.3) is 0 Å². The molecule has 0 bridgehead atoms. The lowest BCUT2D eigenvalue weighted by molar-refractivity contribution is 0.00272. The second-order valence-electron chi connectivity index (χ2n) is 6.67. The lowest BCUT2D eigenvalue weighted by atomic mass is 9.92. The molecule has 1 unspecified atom stereocenters. The number of ether oxygens (including phenoxy) is 1. The molecule has 2 rings (SSSR count). The Hall–Kier alpha value is -1.18. The zero-order valence-electron chi connectivity index (χ0n) is 16.8. The fourth-order valence-electron chi connectivity index (χ4n) is 3.51. The highest BCUT2D eigenvalue weighted by atomic mass is 32.1. The number of aliphatic imine (C=N–C) groups is 1. The maximum absolute atomic E-state index is 5.54. The summed E-state index contributed by atoms with van der Waals surface area (Å²) in [4.78, 5) is 12.8. The molecule has 26 heavy (non-hydrogen) atoms. The van der Waals surface area contributed by atoms with Gasteiger partial charge in [-0.05, 0) is 12.3 Å². The summed E-state index contributed by atoms with van der Waals surface area (Å²) in [7, 11) is 1.83. The maximum atomic E-state index is 5.54. The summed E-state index contributed by atoms with van der Waals surface area (Å²) in [6, 6.07) is 0.513. The number of morpholine rings is 1. The first kappa shape index (κ1) is 21.1. The lowest BCUT2D eigenvalue weighted by Crippen LogP contribution is -2.53. The number of nitrogens with one attached hydrogen (secondary N) is 2. The number of guanidine groups is 1. The summed E-state index contributed by atoms with van der Waals surface area (Å²) in [6.07, 6.45) is 5.41. The van der Waals surface area contributed by atoms with Crippen molar-refractivity contribution in [1.82, 2.24) is 20.5 Å². The molecule has 7 heteroatoms. The Labute approximate surface area is 162 Å². The van der Waals surface area contributed by atoms with Crippen LogP contribution in [0.4, 0.5) is 0 Å². The number of nitrogens with zero attached hydrogens (tertiary/aromatic N) is 3. The molecule has 1 aromatic rings. The van der Waals surface area contributed by atoms with Gasteiger partial charge in [-0.3, -0.25) is 9.89 Å². The van der Waals surface area contributed by atoms with Crippen molar-refractivity contribution in [3.05, 3.63) is 16.1 Å². The second kappa shape index (κ2) is 11.5. The first-order chi connectivity index (χ1) is 12.7. The smallest absolute Gasteiger partial charge is 0.191 e. The minimum Gasteiger partial charge on any atom is -0.379 e. The minimum atomic E-state index is 0.513. The highest BCUT2D eigenvalue weighted by Gasteiger charge is 2.27.